The number of carbonyl (C=O) groups excluding carboxylic acids is 1. The van der Waals surface area contributed by atoms with Crippen molar-refractivity contribution in [2.45, 2.75) is 45.4 Å². The number of nitrogens with one attached hydrogen (secondary N) is 2. The molecule has 1 fully saturated rings. The lowest BCUT2D eigenvalue weighted by Gasteiger charge is -2.41. The Morgan fingerprint density at radius 2 is 2.05 bits per heavy atom. The van der Waals surface area contributed by atoms with E-state index in [1.165, 1.54) is 0 Å². The topological polar surface area (TPSA) is 68.8 Å². The Morgan fingerprint density at radius 1 is 1.40 bits per heavy atom. The second-order valence-electron chi connectivity index (χ2n) is 5.94. The van der Waals surface area contributed by atoms with Crippen molar-refractivity contribution < 1.29 is 19.0 Å². The second-order valence-corrected chi connectivity index (χ2v) is 5.94. The summed E-state index contributed by atoms with van der Waals surface area (Å²) in [7, 11) is 3.17. The van der Waals surface area contributed by atoms with Crippen LogP contribution in [0.25, 0.3) is 0 Å². The highest BCUT2D eigenvalue weighted by molar-refractivity contribution is 5.74. The van der Waals surface area contributed by atoms with Gasteiger partial charge in [0.25, 0.3) is 0 Å². The lowest BCUT2D eigenvalue weighted by atomic mass is 9.90. The molecule has 1 aliphatic rings. The maximum absolute atomic E-state index is 12.0. The van der Waals surface area contributed by atoms with Gasteiger partial charge in [0, 0.05) is 27.2 Å². The lowest BCUT2D eigenvalue weighted by Crippen LogP contribution is -2.61. The molecule has 1 rings (SSSR count). The summed E-state index contributed by atoms with van der Waals surface area (Å²) in [6.07, 6.45) is 1.59. The third-order valence-electron chi connectivity index (χ3n) is 4.09. The molecule has 0 radical (unpaired) electrons. The summed E-state index contributed by atoms with van der Waals surface area (Å²) in [4.78, 5) is 12.0. The quantitative estimate of drug-likeness (QED) is 0.727. The summed E-state index contributed by atoms with van der Waals surface area (Å²) in [5, 5.41) is 5.77. The van der Waals surface area contributed by atoms with E-state index >= 15 is 0 Å². The Hall–Kier alpha value is -0.850. The molecule has 1 saturated heterocycles. The van der Waals surface area contributed by atoms with E-state index in [9.17, 15) is 4.79 Å². The maximum Gasteiger partial charge on any atom is 0.315 e. The van der Waals surface area contributed by atoms with Gasteiger partial charge in [-0.1, -0.05) is 20.8 Å². The monoisotopic (exact) mass is 288 g/mol. The number of rotatable bonds is 6. The van der Waals surface area contributed by atoms with Gasteiger partial charge in [0.2, 0.25) is 0 Å². The van der Waals surface area contributed by atoms with Gasteiger partial charge in [0.05, 0.1) is 13.2 Å². The minimum absolute atomic E-state index is 0.0833. The molecular formula is C14H28N2O4. The fourth-order valence-electron chi connectivity index (χ4n) is 2.09. The predicted molar refractivity (Wildman–Crippen MR) is 76.6 cm³/mol. The van der Waals surface area contributed by atoms with E-state index in [4.69, 9.17) is 14.2 Å². The molecule has 1 aliphatic heterocycles. The highest BCUT2D eigenvalue weighted by Crippen LogP contribution is 2.25. The van der Waals surface area contributed by atoms with Gasteiger partial charge < -0.3 is 24.8 Å². The van der Waals surface area contributed by atoms with Crippen LogP contribution in [0, 0.1) is 5.41 Å². The minimum atomic E-state index is -0.810. The molecule has 2 N–H and O–H groups in total. The molecule has 0 spiro atoms. The van der Waals surface area contributed by atoms with E-state index < -0.39 is 5.79 Å². The zero-order chi connectivity index (χ0) is 15.2. The van der Waals surface area contributed by atoms with E-state index in [0.29, 0.717) is 26.2 Å². The van der Waals surface area contributed by atoms with Crippen molar-refractivity contribution in [1.29, 1.82) is 0 Å². The fraction of sp³-hybridized carbons (Fsp3) is 0.929. The Labute approximate surface area is 121 Å². The van der Waals surface area contributed by atoms with Crippen LogP contribution >= 0.6 is 0 Å². The summed E-state index contributed by atoms with van der Waals surface area (Å²) < 4.78 is 16.3. The molecule has 0 aliphatic carbocycles. The average molecular weight is 288 g/mol. The summed E-state index contributed by atoms with van der Waals surface area (Å²) in [6, 6.07) is -0.545. The first-order valence-electron chi connectivity index (χ1n) is 7.11. The van der Waals surface area contributed by atoms with E-state index in [0.717, 1.165) is 6.42 Å². The number of hydrogen-bond donors (Lipinski definition) is 2. The SMILES string of the molecule is CCC(C)(C)CNC(=O)NC1COCCC1(OC)OC. The molecule has 6 nitrogen and oxygen atoms in total. The summed E-state index contributed by atoms with van der Waals surface area (Å²) in [5.41, 5.74) is 0.0833. The van der Waals surface area contributed by atoms with Crippen LogP contribution in [-0.2, 0) is 14.2 Å². The van der Waals surface area contributed by atoms with Gasteiger partial charge in [0.15, 0.2) is 5.79 Å². The Bertz CT molecular complexity index is 316. The first kappa shape index (κ1) is 17.2. The van der Waals surface area contributed by atoms with Gasteiger partial charge in [-0.15, -0.1) is 0 Å². The summed E-state index contributed by atoms with van der Waals surface area (Å²) >= 11 is 0. The van der Waals surface area contributed by atoms with Crippen molar-refractivity contribution in [3.05, 3.63) is 0 Å². The van der Waals surface area contributed by atoms with Crippen LogP contribution in [0.1, 0.15) is 33.6 Å². The smallest absolute Gasteiger partial charge is 0.315 e. The Morgan fingerprint density at radius 3 is 2.60 bits per heavy atom. The molecule has 6 heteroatoms. The largest absolute Gasteiger partial charge is 0.379 e. The van der Waals surface area contributed by atoms with E-state index in [1.54, 1.807) is 14.2 Å². The number of amides is 2. The predicted octanol–water partition coefficient (Wildman–Crippen LogP) is 1.50. The molecule has 1 heterocycles. The van der Waals surface area contributed by atoms with Crippen LogP contribution < -0.4 is 10.6 Å². The molecule has 0 aromatic heterocycles. The number of carbonyl (C=O) groups is 1. The van der Waals surface area contributed by atoms with Gasteiger partial charge in [0.1, 0.15) is 6.04 Å². The van der Waals surface area contributed by atoms with Gasteiger partial charge >= 0.3 is 6.03 Å². The van der Waals surface area contributed by atoms with Gasteiger partial charge in [-0.05, 0) is 11.8 Å². The zero-order valence-corrected chi connectivity index (χ0v) is 13.2. The van der Waals surface area contributed by atoms with Crippen molar-refractivity contribution in [3.8, 4) is 0 Å². The van der Waals surface area contributed by atoms with Gasteiger partial charge in [-0.25, -0.2) is 4.79 Å². The molecule has 0 aromatic rings. The second kappa shape index (κ2) is 7.24. The maximum atomic E-state index is 12.0. The number of urea groups is 1. The highest BCUT2D eigenvalue weighted by Gasteiger charge is 2.43. The molecule has 1 atom stereocenters. The molecule has 0 aromatic carbocycles. The number of hydrogen-bond acceptors (Lipinski definition) is 4. The van der Waals surface area contributed by atoms with Gasteiger partial charge in [-0.2, -0.15) is 0 Å². The highest BCUT2D eigenvalue weighted by atomic mass is 16.7. The molecular weight excluding hydrogens is 260 g/mol. The Kier molecular flexibility index (Phi) is 6.23. The third kappa shape index (κ3) is 4.33. The van der Waals surface area contributed by atoms with Crippen LogP contribution in [-0.4, -0.2) is 51.8 Å². The first-order chi connectivity index (χ1) is 9.39. The van der Waals surface area contributed by atoms with Crippen LogP contribution in [0.15, 0.2) is 0 Å². The Balaban J connectivity index is 2.54. The van der Waals surface area contributed by atoms with E-state index in [2.05, 4.69) is 31.4 Å². The third-order valence-corrected chi connectivity index (χ3v) is 4.09. The molecule has 0 saturated carbocycles. The molecule has 118 valence electrons. The standard InChI is InChI=1S/C14H28N2O4/c1-6-13(2,3)10-15-12(17)16-11-9-20-8-7-14(11,18-4)19-5/h11H,6-10H2,1-5H3,(H2,15,16,17). The van der Waals surface area contributed by atoms with Gasteiger partial charge in [-0.3, -0.25) is 0 Å². The molecule has 20 heavy (non-hydrogen) atoms. The van der Waals surface area contributed by atoms with E-state index in [1.807, 2.05) is 0 Å². The van der Waals surface area contributed by atoms with Crippen molar-refractivity contribution in [3.63, 3.8) is 0 Å². The normalized spacial score (nSPS) is 22.4. The van der Waals surface area contributed by atoms with E-state index in [-0.39, 0.29) is 17.5 Å². The minimum Gasteiger partial charge on any atom is -0.379 e. The first-order valence-corrected chi connectivity index (χ1v) is 7.11. The van der Waals surface area contributed by atoms with Crippen molar-refractivity contribution >= 4 is 6.03 Å². The fourth-order valence-corrected chi connectivity index (χ4v) is 2.09. The number of ether oxygens (including phenoxy) is 3. The molecule has 2 amide bonds. The van der Waals surface area contributed by atoms with Crippen molar-refractivity contribution in [2.24, 2.45) is 5.41 Å². The van der Waals surface area contributed by atoms with Crippen LogP contribution in [0.3, 0.4) is 0 Å². The van der Waals surface area contributed by atoms with Crippen LogP contribution in [0.4, 0.5) is 4.79 Å². The number of methoxy groups -OCH3 is 2. The summed E-state index contributed by atoms with van der Waals surface area (Å²) in [5.74, 6) is -0.810. The lowest BCUT2D eigenvalue weighted by molar-refractivity contribution is -0.256. The average Bonchev–Trinajstić information content (AvgIpc) is 2.46. The molecule has 1 unspecified atom stereocenters. The van der Waals surface area contributed by atoms with Crippen LogP contribution in [0.5, 0.6) is 0 Å². The summed E-state index contributed by atoms with van der Waals surface area (Å²) in [6.45, 7) is 7.90. The van der Waals surface area contributed by atoms with Crippen molar-refractivity contribution in [2.75, 3.05) is 34.0 Å². The zero-order valence-electron chi connectivity index (χ0n) is 13.2. The van der Waals surface area contributed by atoms with Crippen LogP contribution in [0.2, 0.25) is 0 Å². The van der Waals surface area contributed by atoms with Crippen molar-refractivity contribution in [1.82, 2.24) is 10.6 Å². The molecule has 0 bridgehead atoms.